The van der Waals surface area contributed by atoms with E-state index in [-0.39, 0.29) is 5.57 Å². The average molecular weight is 308 g/mol. The fourth-order valence-electron chi connectivity index (χ4n) is 2.10. The minimum Gasteiger partial charge on any atom is -0.387 e. The molecule has 0 rings (SSSR count). The molecule has 0 aliphatic rings. The Kier molecular flexibility index (Phi) is 11.5. The number of nitrogens with two attached hydrogens (primary N) is 1. The van der Waals surface area contributed by atoms with Crippen LogP contribution in [0.15, 0.2) is 11.3 Å². The number of nitrogens with one attached hydrogen (secondary N) is 2. The number of urea groups is 1. The van der Waals surface area contributed by atoms with E-state index in [1.807, 2.05) is 5.32 Å². The number of allylic oxidation sites excluding steroid dienone is 1. The summed E-state index contributed by atoms with van der Waals surface area (Å²) in [5.41, 5.74) is 5.21. The zero-order valence-electron chi connectivity index (χ0n) is 13.7. The molecule has 0 aromatic heterocycles. The average Bonchev–Trinajstić information content (AvgIpc) is 2.45. The normalized spacial score (nSPS) is 11.3. The third-order valence-corrected chi connectivity index (χ3v) is 3.37. The van der Waals surface area contributed by atoms with Gasteiger partial charge < -0.3 is 11.1 Å². The summed E-state index contributed by atoms with van der Waals surface area (Å²) in [4.78, 5) is 22.2. The van der Waals surface area contributed by atoms with Gasteiger partial charge in [-0.05, 0) is 13.3 Å². The Bertz CT molecular complexity index is 424. The molecule has 6 nitrogen and oxygen atoms in total. The number of amides is 3. The van der Waals surface area contributed by atoms with Gasteiger partial charge in [-0.2, -0.15) is 5.26 Å². The fourth-order valence-corrected chi connectivity index (χ4v) is 2.10. The highest BCUT2D eigenvalue weighted by Crippen LogP contribution is 2.08. The van der Waals surface area contributed by atoms with E-state index in [1.165, 1.54) is 38.5 Å². The number of hydrogen-bond donors (Lipinski definition) is 3. The number of nitriles is 1. The summed E-state index contributed by atoms with van der Waals surface area (Å²) in [5.74, 6) is -0.768. The Morgan fingerprint density at radius 2 is 1.59 bits per heavy atom. The van der Waals surface area contributed by atoms with Crippen molar-refractivity contribution in [3.8, 4) is 6.07 Å². The van der Waals surface area contributed by atoms with Crippen LogP contribution < -0.4 is 16.4 Å². The van der Waals surface area contributed by atoms with Crippen LogP contribution in [0.25, 0.3) is 0 Å². The van der Waals surface area contributed by atoms with Gasteiger partial charge in [0.25, 0.3) is 5.91 Å². The standard InChI is InChI=1S/C16H28N4O2/c1-3-4-5-6-7-8-9-10-11-19-13(2)14(12-17)15(21)20-16(18)22/h19H,3-11H2,1-2H3,(H3,18,20,21,22). The molecule has 0 aromatic rings. The number of primary amides is 1. The van der Waals surface area contributed by atoms with Crippen molar-refractivity contribution in [2.24, 2.45) is 5.73 Å². The van der Waals surface area contributed by atoms with Crippen LogP contribution in [0.2, 0.25) is 0 Å². The quantitative estimate of drug-likeness (QED) is 0.310. The zero-order chi connectivity index (χ0) is 16.8. The third kappa shape index (κ3) is 9.81. The molecule has 0 unspecified atom stereocenters. The van der Waals surface area contributed by atoms with Crippen LogP contribution in [0.1, 0.15) is 65.2 Å². The van der Waals surface area contributed by atoms with Crippen molar-refractivity contribution in [3.63, 3.8) is 0 Å². The first-order valence-electron chi connectivity index (χ1n) is 7.98. The second kappa shape index (κ2) is 12.7. The van der Waals surface area contributed by atoms with Gasteiger partial charge in [-0.3, -0.25) is 10.1 Å². The van der Waals surface area contributed by atoms with Gasteiger partial charge in [-0.15, -0.1) is 0 Å². The molecule has 3 amide bonds. The highest BCUT2D eigenvalue weighted by Gasteiger charge is 2.13. The fraction of sp³-hybridized carbons (Fsp3) is 0.688. The molecule has 0 spiro atoms. The monoisotopic (exact) mass is 308 g/mol. The van der Waals surface area contributed by atoms with Gasteiger partial charge in [-0.1, -0.05) is 51.9 Å². The second-order valence-electron chi connectivity index (χ2n) is 5.33. The molecule has 0 bridgehead atoms. The van der Waals surface area contributed by atoms with E-state index in [9.17, 15) is 9.59 Å². The summed E-state index contributed by atoms with van der Waals surface area (Å²) in [7, 11) is 0. The molecule has 0 radical (unpaired) electrons. The van der Waals surface area contributed by atoms with E-state index < -0.39 is 11.9 Å². The van der Waals surface area contributed by atoms with Crippen LogP contribution in [-0.2, 0) is 4.79 Å². The van der Waals surface area contributed by atoms with Crippen molar-refractivity contribution in [2.75, 3.05) is 6.54 Å². The molecule has 0 fully saturated rings. The van der Waals surface area contributed by atoms with Crippen molar-refractivity contribution in [1.29, 1.82) is 5.26 Å². The number of rotatable bonds is 11. The Hall–Kier alpha value is -2.03. The van der Waals surface area contributed by atoms with Gasteiger partial charge in [-0.25, -0.2) is 4.79 Å². The summed E-state index contributed by atoms with van der Waals surface area (Å²) in [6, 6.07) is 0.821. The lowest BCUT2D eigenvalue weighted by atomic mass is 10.1. The van der Waals surface area contributed by atoms with Crippen molar-refractivity contribution in [2.45, 2.75) is 65.2 Å². The third-order valence-electron chi connectivity index (χ3n) is 3.37. The van der Waals surface area contributed by atoms with Gasteiger partial charge >= 0.3 is 6.03 Å². The summed E-state index contributed by atoms with van der Waals surface area (Å²) >= 11 is 0. The molecule has 0 heterocycles. The SMILES string of the molecule is CCCCCCCCCCNC(C)=C(C#N)C(=O)NC(N)=O. The smallest absolute Gasteiger partial charge is 0.319 e. The Labute approximate surface area is 133 Å². The number of nitrogens with zero attached hydrogens (tertiary/aromatic N) is 1. The number of imide groups is 1. The molecular formula is C16H28N4O2. The predicted octanol–water partition coefficient (Wildman–Crippen LogP) is 2.71. The van der Waals surface area contributed by atoms with Gasteiger partial charge in [0.1, 0.15) is 11.6 Å². The number of carbonyl (C=O) groups excluding carboxylic acids is 2. The highest BCUT2D eigenvalue weighted by atomic mass is 16.2. The molecule has 0 aliphatic heterocycles. The van der Waals surface area contributed by atoms with Crippen LogP contribution in [0.5, 0.6) is 0 Å². The van der Waals surface area contributed by atoms with E-state index in [0.29, 0.717) is 12.2 Å². The maximum absolute atomic E-state index is 11.6. The molecule has 0 aliphatic carbocycles. The molecule has 0 saturated heterocycles. The lowest BCUT2D eigenvalue weighted by Crippen LogP contribution is -2.36. The topological polar surface area (TPSA) is 108 Å². The highest BCUT2D eigenvalue weighted by molar-refractivity contribution is 6.06. The summed E-state index contributed by atoms with van der Waals surface area (Å²) in [5, 5.41) is 13.9. The van der Waals surface area contributed by atoms with Gasteiger partial charge in [0, 0.05) is 12.2 Å². The first kappa shape index (κ1) is 20.0. The molecule has 0 saturated carbocycles. The van der Waals surface area contributed by atoms with Gasteiger partial charge in [0.2, 0.25) is 0 Å². The maximum atomic E-state index is 11.6. The van der Waals surface area contributed by atoms with Crippen LogP contribution in [-0.4, -0.2) is 18.5 Å². The Morgan fingerprint density at radius 1 is 1.05 bits per heavy atom. The number of unbranched alkanes of at least 4 members (excludes halogenated alkanes) is 7. The predicted molar refractivity (Wildman–Crippen MR) is 86.7 cm³/mol. The van der Waals surface area contributed by atoms with Crippen LogP contribution in [0.3, 0.4) is 0 Å². The van der Waals surface area contributed by atoms with Crippen LogP contribution >= 0.6 is 0 Å². The van der Waals surface area contributed by atoms with Crippen LogP contribution in [0, 0.1) is 11.3 Å². The van der Waals surface area contributed by atoms with E-state index in [2.05, 4.69) is 12.2 Å². The van der Waals surface area contributed by atoms with Gasteiger partial charge in [0.15, 0.2) is 0 Å². The molecular weight excluding hydrogens is 280 g/mol. The van der Waals surface area contributed by atoms with Crippen molar-refractivity contribution < 1.29 is 9.59 Å². The second-order valence-corrected chi connectivity index (χ2v) is 5.33. The van der Waals surface area contributed by atoms with Crippen molar-refractivity contribution >= 4 is 11.9 Å². The minimum atomic E-state index is -0.964. The van der Waals surface area contributed by atoms with Gasteiger partial charge in [0.05, 0.1) is 0 Å². The Balaban J connectivity index is 3.92. The molecule has 6 heteroatoms. The lowest BCUT2D eigenvalue weighted by molar-refractivity contribution is -0.116. The summed E-state index contributed by atoms with van der Waals surface area (Å²) < 4.78 is 0. The lowest BCUT2D eigenvalue weighted by Gasteiger charge is -2.08. The molecule has 124 valence electrons. The summed E-state index contributed by atoms with van der Waals surface area (Å²) in [6.07, 6.45) is 9.78. The molecule has 0 atom stereocenters. The minimum absolute atomic E-state index is 0.113. The van der Waals surface area contributed by atoms with Crippen molar-refractivity contribution in [3.05, 3.63) is 11.3 Å². The summed E-state index contributed by atoms with van der Waals surface area (Å²) in [6.45, 7) is 4.56. The first-order chi connectivity index (χ1) is 10.5. The van der Waals surface area contributed by atoms with Crippen molar-refractivity contribution in [1.82, 2.24) is 10.6 Å². The van der Waals surface area contributed by atoms with E-state index in [1.54, 1.807) is 13.0 Å². The molecule has 22 heavy (non-hydrogen) atoms. The maximum Gasteiger partial charge on any atom is 0.319 e. The zero-order valence-corrected chi connectivity index (χ0v) is 13.7. The number of hydrogen-bond acceptors (Lipinski definition) is 4. The largest absolute Gasteiger partial charge is 0.387 e. The van der Waals surface area contributed by atoms with Crippen LogP contribution in [0.4, 0.5) is 4.79 Å². The first-order valence-corrected chi connectivity index (χ1v) is 7.98. The molecule has 4 N–H and O–H groups in total. The Morgan fingerprint density at radius 3 is 2.09 bits per heavy atom. The van der Waals surface area contributed by atoms with E-state index >= 15 is 0 Å². The molecule has 0 aromatic carbocycles. The van der Waals surface area contributed by atoms with E-state index in [0.717, 1.165) is 12.8 Å². The van der Waals surface area contributed by atoms with E-state index in [4.69, 9.17) is 11.0 Å². The number of carbonyl (C=O) groups is 2.